The summed E-state index contributed by atoms with van der Waals surface area (Å²) in [4.78, 5) is 12.0. The molecule has 1 aliphatic rings. The number of nitrogens with two attached hydrogens (primary N) is 1. The first-order valence-corrected chi connectivity index (χ1v) is 12.1. The van der Waals surface area contributed by atoms with Crippen LogP contribution >= 0.6 is 11.3 Å². The molecule has 1 aromatic carbocycles. The van der Waals surface area contributed by atoms with Gasteiger partial charge >= 0.3 is 0 Å². The van der Waals surface area contributed by atoms with E-state index in [0.29, 0.717) is 21.5 Å². The van der Waals surface area contributed by atoms with Gasteiger partial charge < -0.3 is 19.7 Å². The Morgan fingerprint density at radius 1 is 1.26 bits per heavy atom. The lowest BCUT2D eigenvalue weighted by Crippen LogP contribution is -2.36. The van der Waals surface area contributed by atoms with Gasteiger partial charge in [-0.05, 0) is 44.2 Å². The van der Waals surface area contributed by atoms with Gasteiger partial charge in [0.25, 0.3) is 0 Å². The molecule has 0 saturated carbocycles. The minimum atomic E-state index is -1.58. The van der Waals surface area contributed by atoms with Gasteiger partial charge in [0.15, 0.2) is 5.13 Å². The minimum absolute atomic E-state index is 0.00214. The Kier molecular flexibility index (Phi) is 6.81. The second-order valence-corrected chi connectivity index (χ2v) is 9.21. The number of hydrogen-bond donors (Lipinski definition) is 2. The van der Waals surface area contributed by atoms with Crippen LogP contribution in [-0.2, 0) is 15.7 Å². The van der Waals surface area contributed by atoms with Crippen molar-refractivity contribution in [2.45, 2.75) is 24.8 Å². The van der Waals surface area contributed by atoms with Gasteiger partial charge in [-0.1, -0.05) is 0 Å². The third-order valence-electron chi connectivity index (χ3n) is 4.67. The first kappa shape index (κ1) is 21.7. The molecule has 3 heterocycles. The molecule has 1 saturated heterocycles. The van der Waals surface area contributed by atoms with Crippen molar-refractivity contribution < 1.29 is 13.7 Å². The van der Waals surface area contributed by atoms with Crippen molar-refractivity contribution in [3.63, 3.8) is 0 Å². The lowest BCUT2D eigenvalue weighted by atomic mass is 10.2. The van der Waals surface area contributed by atoms with Crippen molar-refractivity contribution in [3.8, 4) is 17.0 Å². The van der Waals surface area contributed by atoms with Gasteiger partial charge in [0, 0.05) is 30.2 Å². The Balaban J connectivity index is 1.52. The number of nitrogens with one attached hydrogen (secondary N) is 1. The molecule has 0 spiro atoms. The van der Waals surface area contributed by atoms with Gasteiger partial charge in [-0.15, -0.1) is 11.3 Å². The molecule has 0 aliphatic carbocycles. The molecule has 2 aromatic heterocycles. The number of nitrogens with zero attached hydrogens (tertiary/aromatic N) is 3. The van der Waals surface area contributed by atoms with E-state index in [1.807, 2.05) is 37.6 Å². The molecule has 0 amide bonds. The van der Waals surface area contributed by atoms with Gasteiger partial charge in [-0.25, -0.2) is 19.3 Å². The molecule has 1 fully saturated rings. The number of anilines is 3. The number of thiazole rings is 1. The zero-order valence-corrected chi connectivity index (χ0v) is 19.0. The fourth-order valence-corrected chi connectivity index (χ4v) is 4.35. The molecule has 1 aliphatic heterocycles. The number of aromatic nitrogens is 2. The van der Waals surface area contributed by atoms with Crippen LogP contribution in [0.2, 0.25) is 0 Å². The van der Waals surface area contributed by atoms with E-state index in [4.69, 9.17) is 14.6 Å². The van der Waals surface area contributed by atoms with E-state index in [1.54, 1.807) is 18.2 Å². The monoisotopic (exact) mass is 459 g/mol. The number of benzene rings is 1. The van der Waals surface area contributed by atoms with Gasteiger partial charge in [-0.3, -0.25) is 0 Å². The minimum Gasteiger partial charge on any atom is -0.489 e. The summed E-state index contributed by atoms with van der Waals surface area (Å²) in [7, 11) is -1.58. The maximum atomic E-state index is 11.7. The highest BCUT2D eigenvalue weighted by Gasteiger charge is 2.14. The fraction of sp³-hybridized carbons (Fsp3) is 0.333. The average Bonchev–Trinajstić information content (AvgIpc) is 3.24. The van der Waals surface area contributed by atoms with E-state index in [1.165, 1.54) is 11.3 Å². The van der Waals surface area contributed by atoms with Crippen molar-refractivity contribution in [3.05, 3.63) is 41.9 Å². The molecule has 31 heavy (non-hydrogen) atoms. The van der Waals surface area contributed by atoms with E-state index in [2.05, 4.69) is 20.2 Å². The van der Waals surface area contributed by atoms with Crippen molar-refractivity contribution in [2.75, 3.05) is 36.5 Å². The third kappa shape index (κ3) is 5.40. The number of hydrogen-bond acceptors (Lipinski definition) is 8. The molecule has 0 radical (unpaired) electrons. The Bertz CT molecular complexity index is 1050. The summed E-state index contributed by atoms with van der Waals surface area (Å²) in [5.74, 6) is 1.60. The third-order valence-corrected chi connectivity index (χ3v) is 6.15. The van der Waals surface area contributed by atoms with E-state index >= 15 is 0 Å². The van der Waals surface area contributed by atoms with Crippen LogP contribution in [0, 0.1) is 0 Å². The molecule has 1 atom stereocenters. The molecule has 8 nitrogen and oxygen atoms in total. The van der Waals surface area contributed by atoms with E-state index < -0.39 is 11.0 Å². The van der Waals surface area contributed by atoms with Crippen LogP contribution in [0.15, 0.2) is 46.8 Å². The summed E-state index contributed by atoms with van der Waals surface area (Å²) < 4.78 is 23.0. The zero-order valence-electron chi connectivity index (χ0n) is 17.4. The standard InChI is InChI=1S/C21H25N5O3S2/c1-14(2)29-19-5-4-16(31(22)27)11-17(19)24-21-25-18(13-30-21)15-3-6-20(23-12-15)26-7-9-28-10-8-26/h3-6,11-14H,7-10,22H2,1-2H3,(H,24,25). The quantitative estimate of drug-likeness (QED) is 0.557. The largest absolute Gasteiger partial charge is 0.489 e. The van der Waals surface area contributed by atoms with Gasteiger partial charge in [-0.2, -0.15) is 0 Å². The summed E-state index contributed by atoms with van der Waals surface area (Å²) in [6.07, 6.45) is 1.84. The van der Waals surface area contributed by atoms with Crippen molar-refractivity contribution >= 4 is 39.0 Å². The number of rotatable bonds is 7. The second-order valence-electron chi connectivity index (χ2n) is 7.29. The normalized spacial score (nSPS) is 15.2. The summed E-state index contributed by atoms with van der Waals surface area (Å²) >= 11 is 1.47. The predicted molar refractivity (Wildman–Crippen MR) is 124 cm³/mol. The SMILES string of the molecule is CC(C)Oc1ccc(S(N)=O)cc1Nc1nc(-c2ccc(N3CCOCC3)nc2)cs1. The van der Waals surface area contributed by atoms with Gasteiger partial charge in [0.2, 0.25) is 0 Å². The molecule has 4 rings (SSSR count). The van der Waals surface area contributed by atoms with E-state index in [-0.39, 0.29) is 6.10 Å². The molecular formula is C21H25N5O3S2. The highest BCUT2D eigenvalue weighted by atomic mass is 32.2. The summed E-state index contributed by atoms with van der Waals surface area (Å²) in [6, 6.07) is 9.25. The van der Waals surface area contributed by atoms with Crippen LogP contribution in [0.1, 0.15) is 13.8 Å². The molecule has 164 valence electrons. The lowest BCUT2D eigenvalue weighted by molar-refractivity contribution is 0.122. The van der Waals surface area contributed by atoms with Crippen LogP contribution in [0.4, 0.5) is 16.6 Å². The van der Waals surface area contributed by atoms with Crippen LogP contribution in [-0.4, -0.2) is 46.6 Å². The molecule has 3 aromatic rings. The number of ether oxygens (including phenoxy) is 2. The Hall–Kier alpha value is -2.53. The average molecular weight is 460 g/mol. The Labute approximate surface area is 188 Å². The van der Waals surface area contributed by atoms with Crippen molar-refractivity contribution in [2.24, 2.45) is 5.14 Å². The molecular weight excluding hydrogens is 434 g/mol. The van der Waals surface area contributed by atoms with Crippen LogP contribution in [0.25, 0.3) is 11.3 Å². The number of pyridine rings is 1. The molecule has 0 bridgehead atoms. The fourth-order valence-electron chi connectivity index (χ4n) is 3.18. The highest BCUT2D eigenvalue weighted by molar-refractivity contribution is 7.82. The van der Waals surface area contributed by atoms with E-state index in [0.717, 1.165) is 43.4 Å². The van der Waals surface area contributed by atoms with Crippen molar-refractivity contribution in [1.82, 2.24) is 9.97 Å². The zero-order chi connectivity index (χ0) is 21.8. The maximum absolute atomic E-state index is 11.7. The van der Waals surface area contributed by atoms with Crippen LogP contribution < -0.4 is 20.1 Å². The second kappa shape index (κ2) is 9.73. The maximum Gasteiger partial charge on any atom is 0.187 e. The topological polar surface area (TPSA) is 103 Å². The summed E-state index contributed by atoms with van der Waals surface area (Å²) in [5.41, 5.74) is 2.45. The van der Waals surface area contributed by atoms with Crippen LogP contribution in [0.5, 0.6) is 5.75 Å². The number of morpholine rings is 1. The summed E-state index contributed by atoms with van der Waals surface area (Å²) in [6.45, 7) is 7.06. The van der Waals surface area contributed by atoms with Gasteiger partial charge in [0.05, 0.1) is 35.6 Å². The highest BCUT2D eigenvalue weighted by Crippen LogP contribution is 2.33. The van der Waals surface area contributed by atoms with Crippen LogP contribution in [0.3, 0.4) is 0 Å². The summed E-state index contributed by atoms with van der Waals surface area (Å²) in [5, 5.41) is 11.5. The first-order valence-electron chi connectivity index (χ1n) is 9.98. The van der Waals surface area contributed by atoms with Gasteiger partial charge in [0.1, 0.15) is 22.6 Å². The molecule has 10 heteroatoms. The molecule has 1 unspecified atom stereocenters. The Morgan fingerprint density at radius 2 is 2.06 bits per heavy atom. The Morgan fingerprint density at radius 3 is 2.74 bits per heavy atom. The smallest absolute Gasteiger partial charge is 0.187 e. The first-order chi connectivity index (χ1) is 15.0. The van der Waals surface area contributed by atoms with E-state index in [9.17, 15) is 4.21 Å². The van der Waals surface area contributed by atoms with Crippen molar-refractivity contribution in [1.29, 1.82) is 0 Å². The lowest BCUT2D eigenvalue weighted by Gasteiger charge is -2.27. The predicted octanol–water partition coefficient (Wildman–Crippen LogP) is 3.55. The molecule has 3 N–H and O–H groups in total.